The highest BCUT2D eigenvalue weighted by Crippen LogP contribution is 2.36. The minimum Gasteiger partial charge on any atom is -0.313 e. The molecule has 1 aromatic carbocycles. The van der Waals surface area contributed by atoms with Crippen LogP contribution in [-0.2, 0) is 12.6 Å². The molecule has 1 atom stereocenters. The van der Waals surface area contributed by atoms with E-state index in [0.717, 1.165) is 23.8 Å². The third-order valence-electron chi connectivity index (χ3n) is 3.34. The first kappa shape index (κ1) is 16.0. The molecule has 1 aromatic heterocycles. The molecular weight excluding hydrogens is 302 g/mol. The van der Waals surface area contributed by atoms with Gasteiger partial charge in [0.1, 0.15) is 5.82 Å². The summed E-state index contributed by atoms with van der Waals surface area (Å²) < 4.78 is 52.5. The van der Waals surface area contributed by atoms with Crippen molar-refractivity contribution in [2.24, 2.45) is 0 Å². The van der Waals surface area contributed by atoms with Crippen molar-refractivity contribution in [2.45, 2.75) is 25.1 Å². The Kier molecular flexibility index (Phi) is 5.00. The Hall–Kier alpha value is -1.40. The number of thiophene rings is 1. The summed E-state index contributed by atoms with van der Waals surface area (Å²) in [7, 11) is 1.59. The predicted molar refractivity (Wildman–Crippen MR) is 75.8 cm³/mol. The van der Waals surface area contributed by atoms with Gasteiger partial charge in [-0.1, -0.05) is 0 Å². The number of hydrogen-bond donors (Lipinski definition) is 1. The molecule has 0 saturated carbocycles. The summed E-state index contributed by atoms with van der Waals surface area (Å²) in [6.45, 7) is 0. The second-order valence-electron chi connectivity index (χ2n) is 4.74. The molecule has 1 N–H and O–H groups in total. The van der Waals surface area contributed by atoms with E-state index in [-0.39, 0.29) is 5.56 Å². The van der Waals surface area contributed by atoms with Crippen molar-refractivity contribution in [3.05, 3.63) is 57.5 Å². The molecular formula is C15H15F4NS. The molecule has 1 heterocycles. The van der Waals surface area contributed by atoms with Crippen molar-refractivity contribution in [2.75, 3.05) is 7.05 Å². The van der Waals surface area contributed by atoms with Crippen molar-refractivity contribution in [1.82, 2.24) is 5.32 Å². The van der Waals surface area contributed by atoms with Crippen LogP contribution >= 0.6 is 11.3 Å². The Morgan fingerprint density at radius 3 is 2.57 bits per heavy atom. The summed E-state index contributed by atoms with van der Waals surface area (Å²) in [5, 5.41) is 6.74. The van der Waals surface area contributed by atoms with Crippen LogP contribution in [0.15, 0.2) is 35.0 Å². The maximum Gasteiger partial charge on any atom is 0.416 e. The number of benzene rings is 1. The van der Waals surface area contributed by atoms with Crippen molar-refractivity contribution >= 4 is 11.3 Å². The summed E-state index contributed by atoms with van der Waals surface area (Å²) in [6.07, 6.45) is -3.37. The standard InChI is InChI=1S/C15H15F4NS/c1-20-14(5-2-10-6-7-21-9-10)12-8-11(16)3-4-13(12)15(17,18)19/h3-4,6-9,14,20H,2,5H2,1H3. The minimum absolute atomic E-state index is 0.0415. The van der Waals surface area contributed by atoms with Crippen LogP contribution in [0.4, 0.5) is 17.6 Å². The highest BCUT2D eigenvalue weighted by molar-refractivity contribution is 7.07. The lowest BCUT2D eigenvalue weighted by Crippen LogP contribution is -2.21. The number of nitrogens with one attached hydrogen (secondary N) is 1. The van der Waals surface area contributed by atoms with Gasteiger partial charge in [-0.25, -0.2) is 4.39 Å². The van der Waals surface area contributed by atoms with Crippen molar-refractivity contribution in [1.29, 1.82) is 0 Å². The minimum atomic E-state index is -4.49. The van der Waals surface area contributed by atoms with E-state index in [9.17, 15) is 17.6 Å². The van der Waals surface area contributed by atoms with E-state index in [1.807, 2.05) is 16.8 Å². The van der Waals surface area contributed by atoms with Gasteiger partial charge in [0.2, 0.25) is 0 Å². The van der Waals surface area contributed by atoms with Gasteiger partial charge in [0.25, 0.3) is 0 Å². The lowest BCUT2D eigenvalue weighted by Gasteiger charge is -2.21. The molecule has 0 amide bonds. The lowest BCUT2D eigenvalue weighted by molar-refractivity contribution is -0.138. The molecule has 0 radical (unpaired) electrons. The number of alkyl halides is 3. The van der Waals surface area contributed by atoms with Crippen molar-refractivity contribution < 1.29 is 17.6 Å². The second-order valence-corrected chi connectivity index (χ2v) is 5.52. The molecule has 1 unspecified atom stereocenters. The maximum absolute atomic E-state index is 13.4. The maximum atomic E-state index is 13.4. The molecule has 1 nitrogen and oxygen atoms in total. The zero-order valence-electron chi connectivity index (χ0n) is 11.4. The molecule has 0 fully saturated rings. The van der Waals surface area contributed by atoms with Gasteiger partial charge in [-0.15, -0.1) is 0 Å². The summed E-state index contributed by atoms with van der Waals surface area (Å²) >= 11 is 1.54. The Balaban J connectivity index is 2.26. The van der Waals surface area contributed by atoms with Gasteiger partial charge in [0.05, 0.1) is 5.56 Å². The topological polar surface area (TPSA) is 12.0 Å². The highest BCUT2D eigenvalue weighted by atomic mass is 32.1. The summed E-state index contributed by atoms with van der Waals surface area (Å²) in [5.41, 5.74) is 0.249. The average molecular weight is 317 g/mol. The van der Waals surface area contributed by atoms with E-state index in [0.29, 0.717) is 12.8 Å². The van der Waals surface area contributed by atoms with Crippen molar-refractivity contribution in [3.63, 3.8) is 0 Å². The van der Waals surface area contributed by atoms with Crippen LogP contribution in [0.3, 0.4) is 0 Å². The molecule has 21 heavy (non-hydrogen) atoms. The number of halogens is 4. The van der Waals surface area contributed by atoms with Crippen LogP contribution in [-0.4, -0.2) is 7.05 Å². The molecule has 0 spiro atoms. The molecule has 0 aliphatic carbocycles. The largest absolute Gasteiger partial charge is 0.416 e. The van der Waals surface area contributed by atoms with Gasteiger partial charge in [-0.3, -0.25) is 0 Å². The van der Waals surface area contributed by atoms with Crippen molar-refractivity contribution in [3.8, 4) is 0 Å². The number of hydrogen-bond acceptors (Lipinski definition) is 2. The zero-order chi connectivity index (χ0) is 15.5. The smallest absolute Gasteiger partial charge is 0.313 e. The zero-order valence-corrected chi connectivity index (χ0v) is 12.2. The fraction of sp³-hybridized carbons (Fsp3) is 0.333. The average Bonchev–Trinajstić information content (AvgIpc) is 2.91. The Labute approximate surface area is 124 Å². The summed E-state index contributed by atoms with van der Waals surface area (Å²) in [5.74, 6) is -0.659. The highest BCUT2D eigenvalue weighted by Gasteiger charge is 2.35. The fourth-order valence-electron chi connectivity index (χ4n) is 2.28. The lowest BCUT2D eigenvalue weighted by atomic mass is 9.95. The van der Waals surface area contributed by atoms with Gasteiger partial charge in [-0.05, 0) is 66.0 Å². The number of rotatable bonds is 5. The first-order chi connectivity index (χ1) is 9.91. The first-order valence-electron chi connectivity index (χ1n) is 6.47. The van der Waals surface area contributed by atoms with E-state index in [2.05, 4.69) is 5.32 Å². The quantitative estimate of drug-likeness (QED) is 0.781. The monoisotopic (exact) mass is 317 g/mol. The Morgan fingerprint density at radius 1 is 1.24 bits per heavy atom. The van der Waals surface area contributed by atoms with Crippen LogP contribution < -0.4 is 5.32 Å². The Bertz CT molecular complexity index is 578. The molecule has 2 aromatic rings. The molecule has 0 bridgehead atoms. The van der Waals surface area contributed by atoms with Gasteiger partial charge < -0.3 is 5.32 Å². The van der Waals surface area contributed by atoms with Crippen LogP contribution in [0.5, 0.6) is 0 Å². The molecule has 0 aliphatic heterocycles. The van der Waals surface area contributed by atoms with Crippen LogP contribution in [0, 0.1) is 5.82 Å². The summed E-state index contributed by atoms with van der Waals surface area (Å²) in [6, 6.07) is 4.01. The van der Waals surface area contributed by atoms with Crippen LogP contribution in [0.2, 0.25) is 0 Å². The second kappa shape index (κ2) is 6.58. The normalized spacial score (nSPS) is 13.4. The van der Waals surface area contributed by atoms with Gasteiger partial charge in [0.15, 0.2) is 0 Å². The molecule has 0 aliphatic rings. The summed E-state index contributed by atoms with van der Waals surface area (Å²) in [4.78, 5) is 0. The van der Waals surface area contributed by atoms with E-state index in [1.165, 1.54) is 0 Å². The van der Waals surface area contributed by atoms with Crippen LogP contribution in [0.25, 0.3) is 0 Å². The molecule has 6 heteroatoms. The SMILES string of the molecule is CNC(CCc1ccsc1)c1cc(F)ccc1C(F)(F)F. The van der Waals surface area contributed by atoms with Gasteiger partial charge in [0, 0.05) is 6.04 Å². The molecule has 114 valence electrons. The molecule has 0 saturated heterocycles. The third kappa shape index (κ3) is 4.04. The van der Waals surface area contributed by atoms with E-state index < -0.39 is 23.6 Å². The van der Waals surface area contributed by atoms with Crippen LogP contribution in [0.1, 0.15) is 29.2 Å². The number of aryl methyl sites for hydroxylation is 1. The van der Waals surface area contributed by atoms with E-state index in [1.54, 1.807) is 18.4 Å². The first-order valence-corrected chi connectivity index (χ1v) is 7.41. The van der Waals surface area contributed by atoms with Gasteiger partial charge >= 0.3 is 6.18 Å². The molecule has 2 rings (SSSR count). The van der Waals surface area contributed by atoms with E-state index in [4.69, 9.17) is 0 Å². The predicted octanol–water partition coefficient (Wildman–Crippen LogP) is 4.80. The Morgan fingerprint density at radius 2 is 2.00 bits per heavy atom. The fourth-order valence-corrected chi connectivity index (χ4v) is 2.98. The van der Waals surface area contributed by atoms with E-state index >= 15 is 0 Å². The van der Waals surface area contributed by atoms with Gasteiger partial charge in [-0.2, -0.15) is 24.5 Å². The third-order valence-corrected chi connectivity index (χ3v) is 4.08.